The van der Waals surface area contributed by atoms with Crippen molar-refractivity contribution in [2.75, 3.05) is 18.4 Å². The Hall–Kier alpha value is -2.87. The second-order valence-corrected chi connectivity index (χ2v) is 5.01. The van der Waals surface area contributed by atoms with Crippen LogP contribution in [0.15, 0.2) is 48.7 Å². The zero-order valence-corrected chi connectivity index (χ0v) is 13.4. The number of carbonyl (C=O) groups excluding carboxylic acids is 1. The Bertz CT molecular complexity index is 690. The molecule has 1 atom stereocenters. The topological polar surface area (TPSA) is 69.0 Å². The molecule has 0 saturated carbocycles. The van der Waals surface area contributed by atoms with Crippen LogP contribution in [0.3, 0.4) is 0 Å². The van der Waals surface area contributed by atoms with Gasteiger partial charge in [-0.3, -0.25) is 4.79 Å². The minimum Gasteiger partial charge on any atom is -0.354 e. The van der Waals surface area contributed by atoms with Crippen molar-refractivity contribution in [1.29, 1.82) is 5.26 Å². The Morgan fingerprint density at radius 3 is 2.52 bits per heavy atom. The van der Waals surface area contributed by atoms with E-state index in [1.165, 1.54) is 0 Å². The molecule has 2 rings (SSSR count). The lowest BCUT2D eigenvalue weighted by atomic mass is 10.0. The van der Waals surface area contributed by atoms with E-state index in [4.69, 9.17) is 0 Å². The first-order valence-corrected chi connectivity index (χ1v) is 7.66. The van der Waals surface area contributed by atoms with Crippen molar-refractivity contribution < 1.29 is 4.79 Å². The summed E-state index contributed by atoms with van der Waals surface area (Å²) in [6.07, 6.45) is 1.60. The summed E-state index contributed by atoms with van der Waals surface area (Å²) in [5, 5.41) is 12.4. The number of pyridine rings is 1. The molecule has 1 N–H and O–H groups in total. The summed E-state index contributed by atoms with van der Waals surface area (Å²) >= 11 is 0. The van der Waals surface area contributed by atoms with Crippen molar-refractivity contribution >= 4 is 11.7 Å². The van der Waals surface area contributed by atoms with Gasteiger partial charge in [-0.15, -0.1) is 0 Å². The molecule has 2 aromatic rings. The highest BCUT2D eigenvalue weighted by Crippen LogP contribution is 2.22. The van der Waals surface area contributed by atoms with Crippen LogP contribution in [0.5, 0.6) is 0 Å². The summed E-state index contributed by atoms with van der Waals surface area (Å²) in [6, 6.07) is 14.4. The van der Waals surface area contributed by atoms with Crippen molar-refractivity contribution in [2.45, 2.75) is 19.9 Å². The molecule has 0 radical (unpaired) electrons. The maximum atomic E-state index is 12.9. The summed E-state index contributed by atoms with van der Waals surface area (Å²) in [5.41, 5.74) is 1.26. The average molecular weight is 308 g/mol. The van der Waals surface area contributed by atoms with Crippen LogP contribution in [0, 0.1) is 11.3 Å². The van der Waals surface area contributed by atoms with Crippen molar-refractivity contribution in [3.05, 3.63) is 59.8 Å². The largest absolute Gasteiger partial charge is 0.354 e. The van der Waals surface area contributed by atoms with Crippen LogP contribution in [0.25, 0.3) is 0 Å². The van der Waals surface area contributed by atoms with Gasteiger partial charge in [-0.25, -0.2) is 4.98 Å². The molecule has 118 valence electrons. The molecule has 0 aliphatic heterocycles. The fraction of sp³-hybridized carbons (Fsp3) is 0.278. The summed E-state index contributed by atoms with van der Waals surface area (Å²) in [7, 11) is 0. The van der Waals surface area contributed by atoms with E-state index in [1.807, 2.05) is 44.2 Å². The third-order valence-corrected chi connectivity index (χ3v) is 3.66. The quantitative estimate of drug-likeness (QED) is 0.890. The minimum absolute atomic E-state index is 0.0317. The zero-order valence-electron chi connectivity index (χ0n) is 13.4. The van der Waals surface area contributed by atoms with Crippen LogP contribution in [-0.2, 0) is 4.79 Å². The number of aromatic nitrogens is 1. The van der Waals surface area contributed by atoms with Crippen LogP contribution in [-0.4, -0.2) is 28.9 Å². The van der Waals surface area contributed by atoms with E-state index in [0.29, 0.717) is 24.5 Å². The molecule has 5 nitrogen and oxygen atoms in total. The van der Waals surface area contributed by atoms with E-state index in [2.05, 4.69) is 16.4 Å². The van der Waals surface area contributed by atoms with Gasteiger partial charge in [0.05, 0.1) is 5.56 Å². The number of nitrogens with zero attached hydrogens (tertiary/aromatic N) is 3. The molecular formula is C18H20N4O. The van der Waals surface area contributed by atoms with E-state index in [0.717, 1.165) is 5.56 Å². The van der Waals surface area contributed by atoms with Gasteiger partial charge in [-0.05, 0) is 31.5 Å². The number of likely N-dealkylation sites (N-methyl/N-ethyl adjacent to an activating group) is 1. The summed E-state index contributed by atoms with van der Waals surface area (Å²) in [5.74, 6) is 0.389. The first-order valence-electron chi connectivity index (χ1n) is 7.66. The van der Waals surface area contributed by atoms with Gasteiger partial charge in [0.15, 0.2) is 0 Å². The van der Waals surface area contributed by atoms with Gasteiger partial charge >= 0.3 is 0 Å². The highest BCUT2D eigenvalue weighted by molar-refractivity contribution is 5.86. The van der Waals surface area contributed by atoms with E-state index in [-0.39, 0.29) is 5.91 Å². The van der Waals surface area contributed by atoms with Crippen molar-refractivity contribution in [2.24, 2.45) is 0 Å². The lowest BCUT2D eigenvalue weighted by Crippen LogP contribution is -2.38. The van der Waals surface area contributed by atoms with Gasteiger partial charge < -0.3 is 10.2 Å². The van der Waals surface area contributed by atoms with Crippen molar-refractivity contribution in [3.63, 3.8) is 0 Å². The van der Waals surface area contributed by atoms with Gasteiger partial charge in [0.2, 0.25) is 5.91 Å². The van der Waals surface area contributed by atoms with Gasteiger partial charge in [-0.1, -0.05) is 30.3 Å². The van der Waals surface area contributed by atoms with E-state index in [1.54, 1.807) is 23.2 Å². The van der Waals surface area contributed by atoms with Crippen molar-refractivity contribution in [1.82, 2.24) is 9.88 Å². The number of amides is 1. The molecule has 1 aromatic heterocycles. The van der Waals surface area contributed by atoms with Crippen LogP contribution >= 0.6 is 0 Å². The monoisotopic (exact) mass is 308 g/mol. The molecule has 1 heterocycles. The zero-order chi connectivity index (χ0) is 16.7. The first kappa shape index (κ1) is 16.5. The molecule has 0 bridgehead atoms. The molecule has 1 amide bonds. The van der Waals surface area contributed by atoms with Gasteiger partial charge in [0.25, 0.3) is 0 Å². The second-order valence-electron chi connectivity index (χ2n) is 5.01. The normalized spacial score (nSPS) is 11.3. The minimum atomic E-state index is -0.571. The molecule has 0 aliphatic rings. The fourth-order valence-electron chi connectivity index (χ4n) is 2.40. The van der Waals surface area contributed by atoms with E-state index < -0.39 is 6.04 Å². The summed E-state index contributed by atoms with van der Waals surface area (Å²) in [4.78, 5) is 18.8. The lowest BCUT2D eigenvalue weighted by Gasteiger charge is -2.26. The van der Waals surface area contributed by atoms with Crippen LogP contribution in [0.4, 0.5) is 5.82 Å². The third kappa shape index (κ3) is 3.86. The molecule has 0 aliphatic carbocycles. The molecule has 5 heteroatoms. The molecular weight excluding hydrogens is 288 g/mol. The highest BCUT2D eigenvalue weighted by atomic mass is 16.2. The maximum absolute atomic E-state index is 12.9. The molecule has 23 heavy (non-hydrogen) atoms. The first-order chi connectivity index (χ1) is 11.2. The Morgan fingerprint density at radius 2 is 1.91 bits per heavy atom. The number of benzene rings is 1. The van der Waals surface area contributed by atoms with E-state index in [9.17, 15) is 10.1 Å². The fourth-order valence-corrected chi connectivity index (χ4v) is 2.40. The molecule has 0 fully saturated rings. The Balaban J connectivity index is 2.38. The van der Waals surface area contributed by atoms with Gasteiger partial charge in [-0.2, -0.15) is 5.26 Å². The SMILES string of the molecule is CCN(CC)C(=O)[C@H](Nc1ncccc1C#N)c1ccccc1. The number of hydrogen-bond acceptors (Lipinski definition) is 4. The second kappa shape index (κ2) is 7.95. The number of nitrogens with one attached hydrogen (secondary N) is 1. The van der Waals surface area contributed by atoms with Gasteiger partial charge in [0.1, 0.15) is 17.9 Å². The Morgan fingerprint density at radius 1 is 1.22 bits per heavy atom. The highest BCUT2D eigenvalue weighted by Gasteiger charge is 2.25. The van der Waals surface area contributed by atoms with Crippen LogP contribution < -0.4 is 5.32 Å². The number of rotatable bonds is 6. The Labute approximate surface area is 136 Å². The number of nitriles is 1. The third-order valence-electron chi connectivity index (χ3n) is 3.66. The van der Waals surface area contributed by atoms with Crippen LogP contribution in [0.2, 0.25) is 0 Å². The average Bonchev–Trinajstić information content (AvgIpc) is 2.61. The van der Waals surface area contributed by atoms with Crippen LogP contribution in [0.1, 0.15) is 31.0 Å². The smallest absolute Gasteiger partial charge is 0.249 e. The van der Waals surface area contributed by atoms with Gasteiger partial charge in [0, 0.05) is 19.3 Å². The van der Waals surface area contributed by atoms with Crippen molar-refractivity contribution in [3.8, 4) is 6.07 Å². The Kier molecular flexibility index (Phi) is 5.70. The molecule has 0 spiro atoms. The van der Waals surface area contributed by atoms with E-state index >= 15 is 0 Å². The molecule has 1 aromatic carbocycles. The number of anilines is 1. The molecule has 0 unspecified atom stereocenters. The predicted octanol–water partition coefficient (Wildman–Crippen LogP) is 2.97. The number of hydrogen-bond donors (Lipinski definition) is 1. The molecule has 0 saturated heterocycles. The predicted molar refractivity (Wildman–Crippen MR) is 89.7 cm³/mol. The standard InChI is InChI=1S/C18H20N4O/c1-3-22(4-2)18(23)16(14-9-6-5-7-10-14)21-17-15(13-19)11-8-12-20-17/h5-12,16H,3-4H2,1-2H3,(H,20,21)/t16-/m1/s1. The number of carbonyl (C=O) groups is 1. The summed E-state index contributed by atoms with van der Waals surface area (Å²) < 4.78 is 0. The maximum Gasteiger partial charge on any atom is 0.249 e. The lowest BCUT2D eigenvalue weighted by molar-refractivity contribution is -0.131. The summed E-state index contributed by atoms with van der Waals surface area (Å²) in [6.45, 7) is 5.16.